The first-order valence-corrected chi connectivity index (χ1v) is 9.21. The predicted octanol–water partition coefficient (Wildman–Crippen LogP) is 4.06. The fourth-order valence-electron chi connectivity index (χ4n) is 3.54. The van der Waals surface area contributed by atoms with Gasteiger partial charge >= 0.3 is 6.36 Å². The first-order valence-electron chi connectivity index (χ1n) is 9.21. The lowest BCUT2D eigenvalue weighted by atomic mass is 9.85. The Morgan fingerprint density at radius 3 is 2.62 bits per heavy atom. The molecule has 0 spiro atoms. The molecule has 3 rings (SSSR count). The number of anilines is 2. The Morgan fingerprint density at radius 2 is 2.00 bits per heavy atom. The monoisotopic (exact) mass is 409 g/mol. The lowest BCUT2D eigenvalue weighted by Crippen LogP contribution is -2.25. The number of alkyl halides is 3. The van der Waals surface area contributed by atoms with Gasteiger partial charge in [-0.25, -0.2) is 0 Å². The van der Waals surface area contributed by atoms with E-state index in [2.05, 4.69) is 20.1 Å². The largest absolute Gasteiger partial charge is 0.573 e. The van der Waals surface area contributed by atoms with Gasteiger partial charge in [-0.3, -0.25) is 9.48 Å². The van der Waals surface area contributed by atoms with Crippen LogP contribution < -0.4 is 15.8 Å². The number of rotatable bonds is 6. The highest BCUT2D eigenvalue weighted by atomic mass is 19.4. The molecule has 1 aromatic carbocycles. The number of nitrogens with two attached hydrogens (primary N) is 1. The normalized spacial score (nSPS) is 20.0. The molecule has 0 bridgehead atoms. The van der Waals surface area contributed by atoms with Crippen molar-refractivity contribution in [3.05, 3.63) is 36.0 Å². The first kappa shape index (κ1) is 20.7. The number of carbonyl (C=O) groups excluding carboxylic acids is 1. The molecule has 0 aliphatic heterocycles. The predicted molar refractivity (Wildman–Crippen MR) is 103 cm³/mol. The second kappa shape index (κ2) is 8.54. The van der Waals surface area contributed by atoms with E-state index in [-0.39, 0.29) is 29.1 Å². The van der Waals surface area contributed by atoms with Gasteiger partial charge in [0.05, 0.1) is 6.04 Å². The smallest absolute Gasteiger partial charge is 0.406 e. The summed E-state index contributed by atoms with van der Waals surface area (Å²) < 4.78 is 42.4. The Labute approximate surface area is 165 Å². The topological polar surface area (TPSA) is 94.5 Å². The van der Waals surface area contributed by atoms with Crippen molar-refractivity contribution in [2.24, 2.45) is 16.6 Å². The van der Waals surface area contributed by atoms with Crippen molar-refractivity contribution < 1.29 is 22.7 Å². The van der Waals surface area contributed by atoms with Gasteiger partial charge in [0, 0.05) is 31.1 Å². The summed E-state index contributed by atoms with van der Waals surface area (Å²) in [5.41, 5.74) is 6.15. The number of carbonyl (C=O) groups is 1. The second-order valence-electron chi connectivity index (χ2n) is 6.86. The number of nitrogens with zero attached hydrogens (tertiary/aromatic N) is 3. The number of aliphatic imine (C=N–C) groups is 1. The highest BCUT2D eigenvalue weighted by Crippen LogP contribution is 2.34. The number of aromatic nitrogens is 2. The van der Waals surface area contributed by atoms with E-state index in [9.17, 15) is 18.0 Å². The molecular weight excluding hydrogens is 387 g/mol. The molecule has 0 saturated heterocycles. The number of ether oxygens (including phenoxy) is 1. The van der Waals surface area contributed by atoms with Crippen LogP contribution in [0.1, 0.15) is 42.1 Å². The third-order valence-corrected chi connectivity index (χ3v) is 4.81. The highest BCUT2D eigenvalue weighted by Gasteiger charge is 2.31. The standard InChI is InChI=1S/C19H22F3N5O2/c1-24-10-12-4-2-3-5-16(12)27-11-15(17(23)28)18(26-27)25-13-6-8-14(9-7-13)29-19(20,21)22/h6-12,16H,2-5H2,1H3,(H2,23,28)(H,25,26). The second-order valence-corrected chi connectivity index (χ2v) is 6.86. The van der Waals surface area contributed by atoms with Gasteiger partial charge in [0.25, 0.3) is 5.91 Å². The maximum atomic E-state index is 12.3. The Hall–Kier alpha value is -3.04. The molecule has 1 aliphatic carbocycles. The Balaban J connectivity index is 1.83. The quantitative estimate of drug-likeness (QED) is 0.704. The summed E-state index contributed by atoms with van der Waals surface area (Å²) in [6.07, 6.45) is 2.80. The van der Waals surface area contributed by atoms with E-state index >= 15 is 0 Å². The van der Waals surface area contributed by atoms with Crippen molar-refractivity contribution in [3.8, 4) is 5.75 Å². The molecule has 0 radical (unpaired) electrons. The molecule has 2 atom stereocenters. The van der Waals surface area contributed by atoms with Crippen molar-refractivity contribution >= 4 is 23.6 Å². The molecule has 2 aromatic rings. The van der Waals surface area contributed by atoms with Gasteiger partial charge in [0.15, 0.2) is 5.82 Å². The minimum atomic E-state index is -4.76. The minimum Gasteiger partial charge on any atom is -0.406 e. The molecular formula is C19H22F3N5O2. The van der Waals surface area contributed by atoms with Gasteiger partial charge in [-0.15, -0.1) is 13.2 Å². The highest BCUT2D eigenvalue weighted by molar-refractivity contribution is 5.98. The number of amides is 1. The van der Waals surface area contributed by atoms with Crippen molar-refractivity contribution in [1.29, 1.82) is 0 Å². The summed E-state index contributed by atoms with van der Waals surface area (Å²) in [5.74, 6) is -0.527. The third-order valence-electron chi connectivity index (χ3n) is 4.81. The van der Waals surface area contributed by atoms with E-state index in [4.69, 9.17) is 5.73 Å². The Kier molecular flexibility index (Phi) is 6.09. The zero-order chi connectivity index (χ0) is 21.0. The third kappa shape index (κ3) is 5.27. The SMILES string of the molecule is CN=CC1CCCCC1n1cc(C(N)=O)c(Nc2ccc(OC(F)(F)F)cc2)n1. The Morgan fingerprint density at radius 1 is 1.31 bits per heavy atom. The van der Waals surface area contributed by atoms with Gasteiger partial charge in [-0.1, -0.05) is 12.8 Å². The van der Waals surface area contributed by atoms with Gasteiger partial charge in [-0.05, 0) is 37.1 Å². The van der Waals surface area contributed by atoms with Gasteiger partial charge in [0.1, 0.15) is 11.3 Å². The maximum absolute atomic E-state index is 12.3. The molecule has 156 valence electrons. The van der Waals surface area contributed by atoms with Crippen LogP contribution in [-0.2, 0) is 0 Å². The number of nitrogens with one attached hydrogen (secondary N) is 1. The fraction of sp³-hybridized carbons (Fsp3) is 0.421. The average molecular weight is 409 g/mol. The number of halogens is 3. The molecule has 1 aromatic heterocycles. The first-order chi connectivity index (χ1) is 13.8. The van der Waals surface area contributed by atoms with Crippen molar-refractivity contribution in [2.45, 2.75) is 38.1 Å². The van der Waals surface area contributed by atoms with Crippen LogP contribution in [-0.4, -0.2) is 35.3 Å². The van der Waals surface area contributed by atoms with Crippen molar-refractivity contribution in [1.82, 2.24) is 9.78 Å². The zero-order valence-electron chi connectivity index (χ0n) is 15.8. The van der Waals surface area contributed by atoms with Crippen LogP contribution in [0.4, 0.5) is 24.7 Å². The molecule has 1 aliphatic rings. The maximum Gasteiger partial charge on any atom is 0.573 e. The van der Waals surface area contributed by atoms with E-state index in [1.165, 1.54) is 24.3 Å². The summed E-state index contributed by atoms with van der Waals surface area (Å²) in [6, 6.07) is 5.21. The van der Waals surface area contributed by atoms with Crippen LogP contribution in [0.5, 0.6) is 5.75 Å². The number of primary amides is 1. The average Bonchev–Trinajstić information content (AvgIpc) is 3.07. The van der Waals surface area contributed by atoms with E-state index in [1.807, 2.05) is 6.21 Å². The zero-order valence-corrected chi connectivity index (χ0v) is 15.8. The van der Waals surface area contributed by atoms with Gasteiger partial charge in [0.2, 0.25) is 0 Å². The van der Waals surface area contributed by atoms with E-state index in [0.717, 1.165) is 25.7 Å². The summed E-state index contributed by atoms with van der Waals surface area (Å²) in [5, 5.41) is 7.44. The van der Waals surface area contributed by atoms with Crippen LogP contribution in [0.2, 0.25) is 0 Å². The summed E-state index contributed by atoms with van der Waals surface area (Å²) in [4.78, 5) is 16.0. The number of benzene rings is 1. The molecule has 10 heteroatoms. The van der Waals surface area contributed by atoms with E-state index in [0.29, 0.717) is 5.69 Å². The van der Waals surface area contributed by atoms with Gasteiger partial charge in [-0.2, -0.15) is 5.10 Å². The van der Waals surface area contributed by atoms with Crippen LogP contribution in [0.3, 0.4) is 0 Å². The minimum absolute atomic E-state index is 0.0589. The molecule has 2 unspecified atom stereocenters. The number of hydrogen-bond acceptors (Lipinski definition) is 5. The molecule has 7 nitrogen and oxygen atoms in total. The van der Waals surface area contributed by atoms with Crippen LogP contribution in [0, 0.1) is 5.92 Å². The van der Waals surface area contributed by atoms with Crippen LogP contribution >= 0.6 is 0 Å². The van der Waals surface area contributed by atoms with Gasteiger partial charge < -0.3 is 20.8 Å². The number of hydrogen-bond donors (Lipinski definition) is 2. The van der Waals surface area contributed by atoms with Crippen LogP contribution in [0.15, 0.2) is 35.5 Å². The summed E-state index contributed by atoms with van der Waals surface area (Å²) in [6.45, 7) is 0. The van der Waals surface area contributed by atoms with Crippen LogP contribution in [0.25, 0.3) is 0 Å². The lowest BCUT2D eigenvalue weighted by molar-refractivity contribution is -0.274. The molecule has 1 saturated carbocycles. The Bertz CT molecular complexity index is 877. The molecule has 29 heavy (non-hydrogen) atoms. The molecule has 1 amide bonds. The lowest BCUT2D eigenvalue weighted by Gasteiger charge is -2.29. The van der Waals surface area contributed by atoms with E-state index in [1.54, 1.807) is 17.9 Å². The summed E-state index contributed by atoms with van der Waals surface area (Å²) in [7, 11) is 1.72. The van der Waals surface area contributed by atoms with Crippen molar-refractivity contribution in [3.63, 3.8) is 0 Å². The van der Waals surface area contributed by atoms with Crippen molar-refractivity contribution in [2.75, 3.05) is 12.4 Å². The molecule has 1 fully saturated rings. The van der Waals surface area contributed by atoms with E-state index < -0.39 is 12.3 Å². The molecule has 1 heterocycles. The fourth-order valence-corrected chi connectivity index (χ4v) is 3.54. The molecule has 3 N–H and O–H groups in total. The summed E-state index contributed by atoms with van der Waals surface area (Å²) >= 11 is 0.